The first-order chi connectivity index (χ1) is 15.5. The Hall–Kier alpha value is -3.18. The summed E-state index contributed by atoms with van der Waals surface area (Å²) in [6, 6.07) is 10.3. The van der Waals surface area contributed by atoms with Crippen LogP contribution >= 0.6 is 0 Å². The fourth-order valence-electron chi connectivity index (χ4n) is 3.04. The van der Waals surface area contributed by atoms with Crippen LogP contribution in [0.5, 0.6) is 0 Å². The highest BCUT2D eigenvalue weighted by Crippen LogP contribution is 2.29. The van der Waals surface area contributed by atoms with E-state index in [1.807, 2.05) is 0 Å². The van der Waals surface area contributed by atoms with Gasteiger partial charge in [-0.15, -0.1) is 0 Å². The molecule has 0 aliphatic carbocycles. The Kier molecular flexibility index (Phi) is 10.4. The van der Waals surface area contributed by atoms with Gasteiger partial charge in [0.15, 0.2) is 0 Å². The first-order valence-corrected chi connectivity index (χ1v) is 10.3. The predicted molar refractivity (Wildman–Crippen MR) is 122 cm³/mol. The number of aliphatic hydroxyl groups is 4. The Morgan fingerprint density at radius 1 is 0.594 bits per heavy atom. The van der Waals surface area contributed by atoms with E-state index < -0.39 is 0 Å². The van der Waals surface area contributed by atoms with Crippen LogP contribution < -0.4 is 21.3 Å². The topological polar surface area (TPSA) is 163 Å². The molecule has 32 heavy (non-hydrogen) atoms. The molecule has 174 valence electrons. The summed E-state index contributed by atoms with van der Waals surface area (Å²) in [5.74, 6) is -0.771. The van der Waals surface area contributed by atoms with Crippen molar-refractivity contribution in [3.63, 3.8) is 0 Å². The van der Waals surface area contributed by atoms with Crippen molar-refractivity contribution in [2.75, 3.05) is 63.2 Å². The first-order valence-electron chi connectivity index (χ1n) is 10.3. The molecular formula is C22H30N4O6. The maximum Gasteiger partial charge on any atom is 0.253 e. The smallest absolute Gasteiger partial charge is 0.253 e. The van der Waals surface area contributed by atoms with Gasteiger partial charge in [-0.2, -0.15) is 0 Å². The standard InChI is InChI=1S/C22H30N4O6/c27-9-5-23-19-3-1-15(13-17(19)21(31)25-7-11-29)16-2-4-20(24-6-10-28)18(14-16)22(32)26-8-12-30/h1-4,13-14,23-24,27-30H,5-12H2,(H,25,31)(H,26,32). The summed E-state index contributed by atoms with van der Waals surface area (Å²) in [6.45, 7) is 0.132. The minimum absolute atomic E-state index is 0.100. The maximum atomic E-state index is 12.6. The van der Waals surface area contributed by atoms with Crippen LogP contribution in [0, 0.1) is 0 Å². The average molecular weight is 447 g/mol. The lowest BCUT2D eigenvalue weighted by molar-refractivity contribution is 0.0938. The summed E-state index contributed by atoms with van der Waals surface area (Å²) in [4.78, 5) is 25.2. The van der Waals surface area contributed by atoms with Gasteiger partial charge in [0.05, 0.1) is 37.6 Å². The lowest BCUT2D eigenvalue weighted by Gasteiger charge is -2.16. The van der Waals surface area contributed by atoms with Crippen molar-refractivity contribution in [3.05, 3.63) is 47.5 Å². The van der Waals surface area contributed by atoms with Gasteiger partial charge in [-0.1, -0.05) is 12.1 Å². The van der Waals surface area contributed by atoms with Gasteiger partial charge < -0.3 is 41.7 Å². The number of aliphatic hydroxyl groups excluding tert-OH is 4. The molecule has 0 saturated carbocycles. The van der Waals surface area contributed by atoms with Gasteiger partial charge in [0.1, 0.15) is 0 Å². The molecule has 2 rings (SSSR count). The van der Waals surface area contributed by atoms with Crippen molar-refractivity contribution < 1.29 is 30.0 Å². The lowest BCUT2D eigenvalue weighted by atomic mass is 9.98. The Morgan fingerprint density at radius 3 is 1.31 bits per heavy atom. The Balaban J connectivity index is 2.45. The summed E-state index contributed by atoms with van der Waals surface area (Å²) in [5, 5.41) is 47.4. The molecule has 0 radical (unpaired) electrons. The summed E-state index contributed by atoms with van der Waals surface area (Å²) in [7, 11) is 0. The molecule has 0 heterocycles. The molecule has 2 aromatic carbocycles. The molecule has 0 spiro atoms. The van der Waals surface area contributed by atoms with Crippen LogP contribution in [-0.2, 0) is 0 Å². The van der Waals surface area contributed by atoms with Crippen molar-refractivity contribution >= 4 is 23.2 Å². The van der Waals surface area contributed by atoms with E-state index in [2.05, 4.69) is 21.3 Å². The van der Waals surface area contributed by atoms with E-state index >= 15 is 0 Å². The summed E-state index contributed by atoms with van der Waals surface area (Å²) < 4.78 is 0. The minimum Gasteiger partial charge on any atom is -0.395 e. The third-order valence-corrected chi connectivity index (χ3v) is 4.51. The zero-order chi connectivity index (χ0) is 23.3. The van der Waals surface area contributed by atoms with Crippen LogP contribution in [-0.4, -0.2) is 84.8 Å². The van der Waals surface area contributed by atoms with Gasteiger partial charge in [-0.05, 0) is 35.4 Å². The van der Waals surface area contributed by atoms with Crippen LogP contribution in [0.2, 0.25) is 0 Å². The number of benzene rings is 2. The predicted octanol–water partition coefficient (Wildman–Crippen LogP) is -0.394. The van der Waals surface area contributed by atoms with Crippen LogP contribution in [0.3, 0.4) is 0 Å². The quantitative estimate of drug-likeness (QED) is 0.206. The highest BCUT2D eigenvalue weighted by atomic mass is 16.3. The van der Waals surface area contributed by atoms with Crippen molar-refractivity contribution in [2.45, 2.75) is 0 Å². The molecule has 0 atom stereocenters. The Morgan fingerprint density at radius 2 is 0.969 bits per heavy atom. The van der Waals surface area contributed by atoms with E-state index in [9.17, 15) is 9.59 Å². The zero-order valence-corrected chi connectivity index (χ0v) is 17.7. The van der Waals surface area contributed by atoms with Crippen molar-refractivity contribution in [1.82, 2.24) is 10.6 Å². The molecule has 10 heteroatoms. The van der Waals surface area contributed by atoms with Crippen LogP contribution in [0.15, 0.2) is 36.4 Å². The number of carbonyl (C=O) groups excluding carboxylic acids is 2. The third kappa shape index (κ3) is 6.92. The molecule has 2 amide bonds. The molecular weight excluding hydrogens is 416 g/mol. The van der Waals surface area contributed by atoms with Crippen molar-refractivity contribution in [2.24, 2.45) is 0 Å². The first kappa shape index (κ1) is 25.1. The second-order valence-electron chi connectivity index (χ2n) is 6.78. The van der Waals surface area contributed by atoms with E-state index in [-0.39, 0.29) is 64.4 Å². The molecule has 0 unspecified atom stereocenters. The molecule has 2 aromatic rings. The van der Waals surface area contributed by atoms with Gasteiger partial charge in [0, 0.05) is 37.6 Å². The van der Waals surface area contributed by atoms with Crippen molar-refractivity contribution in [1.29, 1.82) is 0 Å². The highest BCUT2D eigenvalue weighted by Gasteiger charge is 2.16. The van der Waals surface area contributed by atoms with E-state index in [0.717, 1.165) is 0 Å². The van der Waals surface area contributed by atoms with E-state index in [1.54, 1.807) is 36.4 Å². The Labute approximate surface area is 186 Å². The molecule has 0 aliphatic rings. The van der Waals surface area contributed by atoms with Crippen molar-refractivity contribution in [3.8, 4) is 11.1 Å². The fourth-order valence-corrected chi connectivity index (χ4v) is 3.04. The summed E-state index contributed by atoms with van der Waals surface area (Å²) in [5.41, 5.74) is 3.08. The van der Waals surface area contributed by atoms with Gasteiger partial charge >= 0.3 is 0 Å². The fraction of sp³-hybridized carbons (Fsp3) is 0.364. The monoisotopic (exact) mass is 446 g/mol. The summed E-state index contributed by atoms with van der Waals surface area (Å²) >= 11 is 0. The largest absolute Gasteiger partial charge is 0.395 e. The molecule has 0 aromatic heterocycles. The zero-order valence-electron chi connectivity index (χ0n) is 17.7. The number of amides is 2. The SMILES string of the molecule is O=C(NCCO)c1cc(-c2ccc(NCCO)c(C(=O)NCCO)c2)ccc1NCCO. The number of hydrogen-bond donors (Lipinski definition) is 8. The highest BCUT2D eigenvalue weighted by molar-refractivity contribution is 6.02. The van der Waals surface area contributed by atoms with E-state index in [1.165, 1.54) is 0 Å². The normalized spacial score (nSPS) is 10.5. The van der Waals surface area contributed by atoms with Gasteiger partial charge in [-0.3, -0.25) is 9.59 Å². The van der Waals surface area contributed by atoms with E-state index in [4.69, 9.17) is 20.4 Å². The number of anilines is 2. The van der Waals surface area contributed by atoms with Crippen LogP contribution in [0.25, 0.3) is 11.1 Å². The second kappa shape index (κ2) is 13.3. The maximum absolute atomic E-state index is 12.6. The van der Waals surface area contributed by atoms with Gasteiger partial charge in [-0.25, -0.2) is 0 Å². The number of rotatable bonds is 13. The summed E-state index contributed by atoms with van der Waals surface area (Å²) in [6.07, 6.45) is 0. The lowest BCUT2D eigenvalue weighted by Crippen LogP contribution is -2.27. The van der Waals surface area contributed by atoms with Crippen LogP contribution in [0.1, 0.15) is 20.7 Å². The number of hydrogen-bond acceptors (Lipinski definition) is 8. The molecule has 0 bridgehead atoms. The second-order valence-corrected chi connectivity index (χ2v) is 6.78. The van der Waals surface area contributed by atoms with Gasteiger partial charge in [0.25, 0.3) is 11.8 Å². The number of nitrogens with one attached hydrogen (secondary N) is 4. The number of carbonyl (C=O) groups is 2. The Bertz CT molecular complexity index is 832. The average Bonchev–Trinajstić information content (AvgIpc) is 2.83. The molecule has 10 nitrogen and oxygen atoms in total. The molecule has 0 fully saturated rings. The third-order valence-electron chi connectivity index (χ3n) is 4.51. The van der Waals surface area contributed by atoms with Crippen LogP contribution in [0.4, 0.5) is 11.4 Å². The molecule has 0 saturated heterocycles. The minimum atomic E-state index is -0.386. The van der Waals surface area contributed by atoms with Gasteiger partial charge in [0.2, 0.25) is 0 Å². The molecule has 0 aliphatic heterocycles. The van der Waals surface area contributed by atoms with E-state index in [0.29, 0.717) is 33.6 Å². The molecule has 8 N–H and O–H groups in total.